The fraction of sp³-hybridized carbons (Fsp3) is 0.167. The van der Waals surface area contributed by atoms with E-state index >= 15 is 0 Å². The van der Waals surface area contributed by atoms with E-state index in [1.165, 1.54) is 27.8 Å². The second-order valence-corrected chi connectivity index (χ2v) is 5.30. The van der Waals surface area contributed by atoms with Crippen LogP contribution in [0.3, 0.4) is 0 Å². The van der Waals surface area contributed by atoms with Crippen molar-refractivity contribution >= 4 is 0 Å². The van der Waals surface area contributed by atoms with E-state index in [4.69, 9.17) is 0 Å². The van der Waals surface area contributed by atoms with Gasteiger partial charge in [0.2, 0.25) is 0 Å². The maximum absolute atomic E-state index is 4.46. The molecule has 0 aliphatic rings. The zero-order valence-corrected chi connectivity index (χ0v) is 12.1. The van der Waals surface area contributed by atoms with E-state index in [-0.39, 0.29) is 0 Å². The van der Waals surface area contributed by atoms with Crippen molar-refractivity contribution in [3.63, 3.8) is 0 Å². The molecule has 1 aromatic heterocycles. The van der Waals surface area contributed by atoms with Crippen molar-refractivity contribution in [2.75, 3.05) is 0 Å². The number of H-pyrrole nitrogens is 1. The van der Waals surface area contributed by atoms with Gasteiger partial charge in [0.15, 0.2) is 0 Å². The third kappa shape index (κ3) is 2.25. The number of hydrogen-bond donors (Lipinski definition) is 1. The number of aromatic amines is 1. The molecule has 20 heavy (non-hydrogen) atoms. The molecule has 0 unspecified atom stereocenters. The minimum absolute atomic E-state index is 0.998. The number of aryl methyl sites for hydroxylation is 3. The van der Waals surface area contributed by atoms with Gasteiger partial charge in [-0.3, -0.25) is 5.10 Å². The predicted molar refractivity (Wildman–Crippen MR) is 83.7 cm³/mol. The first kappa shape index (κ1) is 12.7. The summed E-state index contributed by atoms with van der Waals surface area (Å²) in [7, 11) is 0. The van der Waals surface area contributed by atoms with Crippen molar-refractivity contribution < 1.29 is 0 Å². The van der Waals surface area contributed by atoms with Crippen LogP contribution in [0.25, 0.3) is 22.5 Å². The van der Waals surface area contributed by atoms with Gasteiger partial charge in [0.25, 0.3) is 0 Å². The first-order chi connectivity index (χ1) is 9.65. The predicted octanol–water partition coefficient (Wildman–Crippen LogP) is 4.67. The number of aromatic nitrogens is 2. The van der Waals surface area contributed by atoms with E-state index in [9.17, 15) is 0 Å². The summed E-state index contributed by atoms with van der Waals surface area (Å²) in [6.45, 7) is 6.36. The Labute approximate surface area is 119 Å². The molecule has 0 atom stereocenters. The molecule has 2 nitrogen and oxygen atoms in total. The summed E-state index contributed by atoms with van der Waals surface area (Å²) in [5.74, 6) is 0. The van der Waals surface area contributed by atoms with Crippen molar-refractivity contribution in [3.05, 3.63) is 65.2 Å². The smallest absolute Gasteiger partial charge is 0.0929 e. The molecule has 0 bridgehead atoms. The average molecular weight is 262 g/mol. The number of benzene rings is 2. The molecule has 0 aliphatic carbocycles. The van der Waals surface area contributed by atoms with E-state index in [1.807, 2.05) is 6.07 Å². The van der Waals surface area contributed by atoms with Gasteiger partial charge in [-0.05, 0) is 38.0 Å². The van der Waals surface area contributed by atoms with Crippen LogP contribution in [0.5, 0.6) is 0 Å². The largest absolute Gasteiger partial charge is 0.277 e. The highest BCUT2D eigenvalue weighted by Gasteiger charge is 2.09. The van der Waals surface area contributed by atoms with Gasteiger partial charge in [0, 0.05) is 11.1 Å². The lowest BCUT2D eigenvalue weighted by Crippen LogP contribution is -1.84. The summed E-state index contributed by atoms with van der Waals surface area (Å²) in [4.78, 5) is 0. The molecule has 1 N–H and O–H groups in total. The summed E-state index contributed by atoms with van der Waals surface area (Å²) in [5.41, 5.74) is 8.25. The molecule has 0 fully saturated rings. The normalized spacial score (nSPS) is 10.8. The molecule has 0 amide bonds. The molecule has 1 heterocycles. The first-order valence-electron chi connectivity index (χ1n) is 6.84. The number of hydrogen-bond acceptors (Lipinski definition) is 1. The Morgan fingerprint density at radius 2 is 1.60 bits per heavy atom. The number of nitrogens with zero attached hydrogens (tertiary/aromatic N) is 1. The highest BCUT2D eigenvalue weighted by Crippen LogP contribution is 2.28. The number of rotatable bonds is 2. The fourth-order valence-corrected chi connectivity index (χ4v) is 2.57. The van der Waals surface area contributed by atoms with Gasteiger partial charge in [-0.15, -0.1) is 0 Å². The maximum atomic E-state index is 4.46. The lowest BCUT2D eigenvalue weighted by atomic mass is 10.0. The van der Waals surface area contributed by atoms with Crippen LogP contribution >= 0.6 is 0 Å². The summed E-state index contributed by atoms with van der Waals surface area (Å²) in [6, 6.07) is 16.9. The van der Waals surface area contributed by atoms with Crippen molar-refractivity contribution in [3.8, 4) is 22.5 Å². The first-order valence-corrected chi connectivity index (χ1v) is 6.84. The molecule has 2 aromatic carbocycles. The van der Waals surface area contributed by atoms with Gasteiger partial charge in [-0.2, -0.15) is 5.10 Å². The van der Waals surface area contributed by atoms with Crippen molar-refractivity contribution in [1.82, 2.24) is 10.2 Å². The van der Waals surface area contributed by atoms with Crippen LogP contribution < -0.4 is 0 Å². The molecule has 0 radical (unpaired) electrons. The van der Waals surface area contributed by atoms with Gasteiger partial charge in [-0.25, -0.2) is 0 Å². The third-order valence-electron chi connectivity index (χ3n) is 3.67. The lowest BCUT2D eigenvalue weighted by Gasteiger charge is -2.04. The van der Waals surface area contributed by atoms with Crippen molar-refractivity contribution in [1.29, 1.82) is 0 Å². The van der Waals surface area contributed by atoms with Crippen LogP contribution in [-0.4, -0.2) is 10.2 Å². The van der Waals surface area contributed by atoms with Gasteiger partial charge in [0.05, 0.1) is 11.4 Å². The molecular formula is C18H18N2. The van der Waals surface area contributed by atoms with Gasteiger partial charge in [-0.1, -0.05) is 48.0 Å². The molecule has 3 aromatic rings. The molecule has 0 spiro atoms. The molecule has 3 rings (SSSR count). The van der Waals surface area contributed by atoms with E-state index in [1.54, 1.807) is 0 Å². The summed E-state index contributed by atoms with van der Waals surface area (Å²) >= 11 is 0. The van der Waals surface area contributed by atoms with E-state index in [2.05, 4.69) is 73.4 Å². The maximum Gasteiger partial charge on any atom is 0.0929 e. The van der Waals surface area contributed by atoms with Gasteiger partial charge < -0.3 is 0 Å². The Bertz CT molecular complexity index is 754. The quantitative estimate of drug-likeness (QED) is 0.714. The molecule has 0 aliphatic heterocycles. The van der Waals surface area contributed by atoms with Crippen molar-refractivity contribution in [2.45, 2.75) is 20.8 Å². The van der Waals surface area contributed by atoms with Crippen LogP contribution in [-0.2, 0) is 0 Å². The van der Waals surface area contributed by atoms with Crippen molar-refractivity contribution in [2.24, 2.45) is 0 Å². The second-order valence-electron chi connectivity index (χ2n) is 5.30. The van der Waals surface area contributed by atoms with E-state index in [0.29, 0.717) is 0 Å². The standard InChI is InChI=1S/C18H18N2/c1-12-8-9-16(14(3)10-12)18-11-17(19-20-18)15-7-5-4-6-13(15)2/h4-11H,1-3H3,(H,19,20). The third-order valence-corrected chi connectivity index (χ3v) is 3.67. The SMILES string of the molecule is Cc1ccc(-c2cc(-c3ccccc3C)n[nH]2)c(C)c1. The summed E-state index contributed by atoms with van der Waals surface area (Å²) in [5, 5.41) is 7.62. The minimum Gasteiger partial charge on any atom is -0.277 e. The Balaban J connectivity index is 2.04. The minimum atomic E-state index is 0.998. The fourth-order valence-electron chi connectivity index (χ4n) is 2.57. The Hall–Kier alpha value is -2.35. The van der Waals surface area contributed by atoms with Crippen LogP contribution in [0.4, 0.5) is 0 Å². The van der Waals surface area contributed by atoms with Gasteiger partial charge in [0.1, 0.15) is 0 Å². The molecule has 2 heteroatoms. The highest BCUT2D eigenvalue weighted by atomic mass is 15.1. The molecule has 0 saturated heterocycles. The summed E-state index contributed by atoms with van der Waals surface area (Å²) < 4.78 is 0. The molecular weight excluding hydrogens is 244 g/mol. The Morgan fingerprint density at radius 1 is 0.800 bits per heavy atom. The van der Waals surface area contributed by atoms with Crippen LogP contribution in [0.2, 0.25) is 0 Å². The monoisotopic (exact) mass is 262 g/mol. The van der Waals surface area contributed by atoms with Gasteiger partial charge >= 0.3 is 0 Å². The molecule has 100 valence electrons. The zero-order valence-electron chi connectivity index (χ0n) is 12.1. The summed E-state index contributed by atoms with van der Waals surface area (Å²) in [6.07, 6.45) is 0. The topological polar surface area (TPSA) is 28.7 Å². The van der Waals surface area contributed by atoms with Crippen LogP contribution in [0.1, 0.15) is 16.7 Å². The Morgan fingerprint density at radius 3 is 2.35 bits per heavy atom. The van der Waals surface area contributed by atoms with Crippen LogP contribution in [0, 0.1) is 20.8 Å². The lowest BCUT2D eigenvalue weighted by molar-refractivity contribution is 1.09. The zero-order chi connectivity index (χ0) is 14.1. The number of nitrogens with one attached hydrogen (secondary N) is 1. The second kappa shape index (κ2) is 4.97. The van der Waals surface area contributed by atoms with E-state index < -0.39 is 0 Å². The average Bonchev–Trinajstić information content (AvgIpc) is 2.88. The van der Waals surface area contributed by atoms with Crippen LogP contribution in [0.15, 0.2) is 48.5 Å². The van der Waals surface area contributed by atoms with E-state index in [0.717, 1.165) is 11.4 Å². The molecule has 0 saturated carbocycles. The Kier molecular flexibility index (Phi) is 3.15. The highest BCUT2D eigenvalue weighted by molar-refractivity contribution is 5.71.